The SMILES string of the molecule is Nc1ccc(C(c2ccc(N)c(N)c2)(C(F)(F)F)C(F)(F)F)cc1N. The molecule has 2 aromatic rings. The van der Waals surface area contributed by atoms with E-state index in [1.807, 2.05) is 0 Å². The Morgan fingerprint density at radius 2 is 0.840 bits per heavy atom. The lowest BCUT2D eigenvalue weighted by atomic mass is 9.72. The highest BCUT2D eigenvalue weighted by Crippen LogP contribution is 2.56. The van der Waals surface area contributed by atoms with Crippen LogP contribution in [0.25, 0.3) is 0 Å². The van der Waals surface area contributed by atoms with Crippen molar-refractivity contribution in [1.29, 1.82) is 0 Å². The Balaban J connectivity index is 2.96. The average molecular weight is 364 g/mol. The minimum atomic E-state index is -5.74. The molecule has 0 aliphatic heterocycles. The van der Waals surface area contributed by atoms with Gasteiger partial charge in [-0.2, -0.15) is 26.3 Å². The van der Waals surface area contributed by atoms with Crippen LogP contribution in [0, 0.1) is 0 Å². The topological polar surface area (TPSA) is 104 Å². The van der Waals surface area contributed by atoms with E-state index in [9.17, 15) is 26.3 Å². The van der Waals surface area contributed by atoms with Crippen LogP contribution in [0.3, 0.4) is 0 Å². The molecule has 0 aliphatic rings. The van der Waals surface area contributed by atoms with Crippen molar-refractivity contribution in [3.05, 3.63) is 47.5 Å². The van der Waals surface area contributed by atoms with E-state index in [1.165, 1.54) is 0 Å². The van der Waals surface area contributed by atoms with E-state index in [0.717, 1.165) is 12.1 Å². The van der Waals surface area contributed by atoms with Gasteiger partial charge in [-0.3, -0.25) is 0 Å². The third-order valence-electron chi connectivity index (χ3n) is 3.89. The predicted molar refractivity (Wildman–Crippen MR) is 83.4 cm³/mol. The van der Waals surface area contributed by atoms with Gasteiger partial charge in [-0.25, -0.2) is 0 Å². The molecule has 0 atom stereocenters. The normalized spacial score (nSPS) is 13.0. The second-order valence-corrected chi connectivity index (χ2v) is 5.43. The van der Waals surface area contributed by atoms with E-state index in [4.69, 9.17) is 22.9 Å². The van der Waals surface area contributed by atoms with Gasteiger partial charge >= 0.3 is 12.4 Å². The van der Waals surface area contributed by atoms with Crippen molar-refractivity contribution in [3.63, 3.8) is 0 Å². The first-order chi connectivity index (χ1) is 11.3. The Morgan fingerprint density at radius 1 is 0.520 bits per heavy atom. The lowest BCUT2D eigenvalue weighted by Gasteiger charge is -2.38. The van der Waals surface area contributed by atoms with Crippen LogP contribution in [-0.2, 0) is 5.41 Å². The van der Waals surface area contributed by atoms with Crippen LogP contribution in [0.5, 0.6) is 0 Å². The Kier molecular flexibility index (Phi) is 4.19. The molecule has 10 heteroatoms. The van der Waals surface area contributed by atoms with Crippen LogP contribution in [0.2, 0.25) is 0 Å². The molecule has 4 nitrogen and oxygen atoms in total. The molecule has 136 valence electrons. The molecule has 2 aromatic carbocycles. The standard InChI is InChI=1S/C15H14F6N4/c16-14(17,18)13(15(19,20)21,7-1-3-9(22)11(24)5-7)8-2-4-10(23)12(25)6-8/h1-6H,22-25H2. The van der Waals surface area contributed by atoms with Crippen molar-refractivity contribution >= 4 is 22.7 Å². The number of anilines is 4. The van der Waals surface area contributed by atoms with Crippen molar-refractivity contribution in [2.24, 2.45) is 0 Å². The summed E-state index contributed by atoms with van der Waals surface area (Å²) in [5.41, 5.74) is 14.0. The maximum absolute atomic E-state index is 13.8. The van der Waals surface area contributed by atoms with E-state index < -0.39 is 40.3 Å². The molecule has 0 saturated carbocycles. The number of halogens is 6. The second kappa shape index (κ2) is 5.64. The third kappa shape index (κ3) is 2.77. The largest absolute Gasteiger partial charge is 0.411 e. The highest BCUT2D eigenvalue weighted by Gasteiger charge is 2.72. The fourth-order valence-corrected chi connectivity index (χ4v) is 2.60. The summed E-state index contributed by atoms with van der Waals surface area (Å²) in [5, 5.41) is 0. The first-order valence-corrected chi connectivity index (χ1v) is 6.76. The molecular weight excluding hydrogens is 350 g/mol. The quantitative estimate of drug-likeness (QED) is 0.484. The van der Waals surface area contributed by atoms with Gasteiger partial charge in [-0.05, 0) is 35.4 Å². The van der Waals surface area contributed by atoms with E-state index in [2.05, 4.69) is 0 Å². The van der Waals surface area contributed by atoms with Gasteiger partial charge in [0.15, 0.2) is 0 Å². The number of hydrogen-bond acceptors (Lipinski definition) is 4. The van der Waals surface area contributed by atoms with Crippen molar-refractivity contribution in [2.75, 3.05) is 22.9 Å². The van der Waals surface area contributed by atoms with Gasteiger partial charge in [0.05, 0.1) is 22.7 Å². The summed E-state index contributed by atoms with van der Waals surface area (Å²) in [6.07, 6.45) is -11.5. The fourth-order valence-electron chi connectivity index (χ4n) is 2.60. The van der Waals surface area contributed by atoms with Gasteiger partial charge in [0.2, 0.25) is 5.41 Å². The smallest absolute Gasteiger partial charge is 0.397 e. The van der Waals surface area contributed by atoms with Gasteiger partial charge in [0.25, 0.3) is 0 Å². The van der Waals surface area contributed by atoms with Gasteiger partial charge in [0.1, 0.15) is 0 Å². The number of alkyl halides is 6. The Bertz CT molecular complexity index is 730. The highest BCUT2D eigenvalue weighted by atomic mass is 19.4. The van der Waals surface area contributed by atoms with Crippen LogP contribution >= 0.6 is 0 Å². The van der Waals surface area contributed by atoms with Crippen LogP contribution in [-0.4, -0.2) is 12.4 Å². The number of benzene rings is 2. The molecule has 0 radical (unpaired) electrons. The van der Waals surface area contributed by atoms with Crippen LogP contribution in [0.1, 0.15) is 11.1 Å². The van der Waals surface area contributed by atoms with E-state index in [-0.39, 0.29) is 11.4 Å². The van der Waals surface area contributed by atoms with Crippen LogP contribution in [0.15, 0.2) is 36.4 Å². The molecule has 0 spiro atoms. The summed E-state index contributed by atoms with van der Waals surface area (Å²) in [4.78, 5) is 0. The van der Waals surface area contributed by atoms with Gasteiger partial charge in [0, 0.05) is 0 Å². The number of nitrogens with two attached hydrogens (primary N) is 4. The fraction of sp³-hybridized carbons (Fsp3) is 0.200. The Hall–Kier alpha value is -2.78. The monoisotopic (exact) mass is 364 g/mol. The van der Waals surface area contributed by atoms with E-state index in [1.54, 1.807) is 0 Å². The molecule has 25 heavy (non-hydrogen) atoms. The van der Waals surface area contributed by atoms with Crippen molar-refractivity contribution in [1.82, 2.24) is 0 Å². The van der Waals surface area contributed by atoms with Gasteiger partial charge in [-0.1, -0.05) is 12.1 Å². The van der Waals surface area contributed by atoms with Gasteiger partial charge in [-0.15, -0.1) is 0 Å². The molecule has 0 saturated heterocycles. The number of rotatable bonds is 2. The molecule has 0 aliphatic carbocycles. The predicted octanol–water partition coefficient (Wildman–Crippen LogP) is 3.43. The first kappa shape index (κ1) is 18.6. The maximum atomic E-state index is 13.8. The van der Waals surface area contributed by atoms with Crippen molar-refractivity contribution in [3.8, 4) is 0 Å². The summed E-state index contributed by atoms with van der Waals surface area (Å²) < 4.78 is 83.1. The lowest BCUT2D eigenvalue weighted by Crippen LogP contribution is -2.54. The third-order valence-corrected chi connectivity index (χ3v) is 3.89. The number of nitrogen functional groups attached to an aromatic ring is 4. The molecule has 0 fully saturated rings. The van der Waals surface area contributed by atoms with E-state index in [0.29, 0.717) is 24.3 Å². The first-order valence-electron chi connectivity index (χ1n) is 6.76. The zero-order valence-corrected chi connectivity index (χ0v) is 12.5. The van der Waals surface area contributed by atoms with Crippen LogP contribution < -0.4 is 22.9 Å². The molecule has 0 bridgehead atoms. The summed E-state index contributed by atoms with van der Waals surface area (Å²) in [5.74, 6) is 0. The molecule has 2 rings (SSSR count). The zero-order chi connectivity index (χ0) is 19.2. The van der Waals surface area contributed by atoms with E-state index >= 15 is 0 Å². The summed E-state index contributed by atoms with van der Waals surface area (Å²) >= 11 is 0. The van der Waals surface area contributed by atoms with Crippen LogP contribution in [0.4, 0.5) is 49.1 Å². The van der Waals surface area contributed by atoms with Gasteiger partial charge < -0.3 is 22.9 Å². The summed E-state index contributed by atoms with van der Waals surface area (Å²) in [6, 6.07) is 4.17. The summed E-state index contributed by atoms with van der Waals surface area (Å²) in [7, 11) is 0. The molecule has 0 aromatic heterocycles. The molecule has 0 amide bonds. The molecule has 8 N–H and O–H groups in total. The minimum Gasteiger partial charge on any atom is -0.397 e. The Labute approximate surface area is 138 Å². The van der Waals surface area contributed by atoms with Crippen molar-refractivity contribution < 1.29 is 26.3 Å². The highest BCUT2D eigenvalue weighted by molar-refractivity contribution is 5.68. The molecular formula is C15H14F6N4. The average Bonchev–Trinajstić information content (AvgIpc) is 2.44. The Morgan fingerprint density at radius 3 is 1.08 bits per heavy atom. The van der Waals surface area contributed by atoms with Crippen molar-refractivity contribution in [2.45, 2.75) is 17.8 Å². The lowest BCUT2D eigenvalue weighted by molar-refractivity contribution is -0.288. The summed E-state index contributed by atoms with van der Waals surface area (Å²) in [6.45, 7) is 0. The maximum Gasteiger partial charge on any atom is 0.411 e. The zero-order valence-electron chi connectivity index (χ0n) is 12.5. The molecule has 0 heterocycles. The minimum absolute atomic E-state index is 0.140. The molecule has 0 unspecified atom stereocenters. The number of hydrogen-bond donors (Lipinski definition) is 4. The second-order valence-electron chi connectivity index (χ2n) is 5.43.